The number of hydrogen-bond acceptors (Lipinski definition) is 2. The first-order chi connectivity index (χ1) is 5.60. The summed E-state index contributed by atoms with van der Waals surface area (Å²) in [6.45, 7) is 5.12. The topological polar surface area (TPSA) is 53.9 Å². The molecule has 0 aromatic rings. The largest absolute Gasteiger partial charge is 1.00 e. The Kier molecular flexibility index (Phi) is 9.74. The number of carbonyl (C=O) groups is 1. The van der Waals surface area contributed by atoms with Crippen LogP contribution in [0.2, 0.25) is 0 Å². The summed E-state index contributed by atoms with van der Waals surface area (Å²) < 4.78 is 4.60. The molecule has 0 aliphatic rings. The van der Waals surface area contributed by atoms with Crippen molar-refractivity contribution in [3.63, 3.8) is 0 Å². The van der Waals surface area contributed by atoms with Gasteiger partial charge in [-0.1, -0.05) is 13.8 Å². The van der Waals surface area contributed by atoms with Crippen LogP contribution in [-0.4, -0.2) is 19.6 Å². The summed E-state index contributed by atoms with van der Waals surface area (Å²) in [6, 6.07) is 0. The maximum atomic E-state index is 10.9. The van der Waals surface area contributed by atoms with Crippen molar-refractivity contribution in [2.75, 3.05) is 13.7 Å². The second-order valence-corrected chi connectivity index (χ2v) is 3.56. The van der Waals surface area contributed by atoms with E-state index in [2.05, 4.69) is 24.3 Å². The van der Waals surface area contributed by atoms with Crippen molar-refractivity contribution in [1.29, 1.82) is 0 Å². The summed E-state index contributed by atoms with van der Waals surface area (Å²) in [5.74, 6) is 0.892. The van der Waals surface area contributed by atoms with Gasteiger partial charge in [-0.05, 0) is 12.3 Å². The van der Waals surface area contributed by atoms with Crippen molar-refractivity contribution < 1.29 is 27.7 Å². The zero-order valence-electron chi connectivity index (χ0n) is 8.68. The molecule has 0 fully saturated rings. The van der Waals surface area contributed by atoms with Gasteiger partial charge in [0.2, 0.25) is 0 Å². The van der Waals surface area contributed by atoms with Crippen LogP contribution in [0.4, 0.5) is 0 Å². The number of methoxy groups -OCH3 is 1. The first-order valence-corrected chi connectivity index (χ1v) is 4.46. The highest BCUT2D eigenvalue weighted by Gasteiger charge is 2.15. The third-order valence-electron chi connectivity index (χ3n) is 1.90. The molecule has 13 heavy (non-hydrogen) atoms. The Morgan fingerprint density at radius 2 is 2.00 bits per heavy atom. The maximum Gasteiger partial charge on any atom is 0.306 e. The van der Waals surface area contributed by atoms with Crippen molar-refractivity contribution >= 4 is 5.97 Å². The zero-order valence-corrected chi connectivity index (χ0v) is 9.43. The summed E-state index contributed by atoms with van der Waals surface area (Å²) in [4.78, 5) is 10.9. The molecule has 1 atom stereocenters. The van der Waals surface area contributed by atoms with Gasteiger partial charge in [-0.2, -0.15) is 0 Å². The van der Waals surface area contributed by atoms with Gasteiger partial charge in [0, 0.05) is 5.92 Å². The Labute approximate surface area is 86.4 Å². The molecule has 0 heterocycles. The van der Waals surface area contributed by atoms with Gasteiger partial charge in [-0.15, -0.1) is 0 Å². The summed E-state index contributed by atoms with van der Waals surface area (Å²) in [7, 11) is 1.43. The summed E-state index contributed by atoms with van der Waals surface area (Å²) in [5.41, 5.74) is 3.82. The fourth-order valence-electron chi connectivity index (χ4n) is 1.29. The van der Waals surface area contributed by atoms with Crippen molar-refractivity contribution in [3.8, 4) is 0 Å². The maximum absolute atomic E-state index is 10.9. The Bertz CT molecular complexity index is 140. The van der Waals surface area contributed by atoms with Crippen LogP contribution in [0.3, 0.4) is 0 Å². The Morgan fingerprint density at radius 1 is 1.46 bits per heavy atom. The standard InChI is InChI=1S/C9H19NO2.ClH/c1-7(2)4-8(6-10)5-9(11)12-3;/h7-8H,4-6,10H2,1-3H3;1H/t8-;/m0./s1. The number of halogens is 1. The summed E-state index contributed by atoms with van der Waals surface area (Å²) >= 11 is 0. The van der Waals surface area contributed by atoms with Gasteiger partial charge in [0.25, 0.3) is 0 Å². The molecule has 0 radical (unpaired) electrons. The third-order valence-corrected chi connectivity index (χ3v) is 1.90. The molecule has 0 aromatic heterocycles. The van der Waals surface area contributed by atoms with Crippen LogP contribution in [0.5, 0.6) is 0 Å². The molecule has 0 bridgehead atoms. The lowest BCUT2D eigenvalue weighted by molar-refractivity contribution is -0.379. The zero-order chi connectivity index (χ0) is 9.56. The highest BCUT2D eigenvalue weighted by atomic mass is 35.5. The second-order valence-electron chi connectivity index (χ2n) is 3.56. The van der Waals surface area contributed by atoms with E-state index in [1.54, 1.807) is 0 Å². The number of ether oxygens (including phenoxy) is 1. The van der Waals surface area contributed by atoms with Crippen molar-refractivity contribution in [1.82, 2.24) is 0 Å². The van der Waals surface area contributed by atoms with Crippen LogP contribution >= 0.6 is 0 Å². The second kappa shape index (κ2) is 8.32. The molecule has 0 saturated carbocycles. The molecule has 0 aromatic carbocycles. The van der Waals surface area contributed by atoms with Crippen LogP contribution in [0.25, 0.3) is 0 Å². The fourth-order valence-corrected chi connectivity index (χ4v) is 1.29. The van der Waals surface area contributed by atoms with Crippen LogP contribution in [0, 0.1) is 11.8 Å². The lowest BCUT2D eigenvalue weighted by Gasteiger charge is -2.13. The number of carbonyl (C=O) groups excluding carboxylic acids is 1. The smallest absolute Gasteiger partial charge is 0.306 e. The van der Waals surface area contributed by atoms with Crippen LogP contribution in [0.15, 0.2) is 0 Å². The Morgan fingerprint density at radius 3 is 2.31 bits per heavy atom. The van der Waals surface area contributed by atoms with Gasteiger partial charge in [-0.25, -0.2) is 0 Å². The molecule has 0 aliphatic carbocycles. The van der Waals surface area contributed by atoms with Gasteiger partial charge in [0.1, 0.15) is 0 Å². The predicted molar refractivity (Wildman–Crippen MR) is 47.3 cm³/mol. The number of rotatable bonds is 5. The Balaban J connectivity index is 0. The highest BCUT2D eigenvalue weighted by molar-refractivity contribution is 5.69. The molecular formula is C9H20ClNO2. The third kappa shape index (κ3) is 8.06. The van der Waals surface area contributed by atoms with E-state index in [0.717, 1.165) is 13.0 Å². The monoisotopic (exact) mass is 209 g/mol. The van der Waals surface area contributed by atoms with Crippen molar-refractivity contribution in [3.05, 3.63) is 0 Å². The van der Waals surface area contributed by atoms with E-state index in [1.807, 2.05) is 0 Å². The van der Waals surface area contributed by atoms with E-state index in [4.69, 9.17) is 0 Å². The molecule has 0 spiro atoms. The lowest BCUT2D eigenvalue weighted by atomic mass is 9.94. The lowest BCUT2D eigenvalue weighted by Crippen LogP contribution is -3.00. The van der Waals surface area contributed by atoms with Crippen LogP contribution in [-0.2, 0) is 9.53 Å². The molecule has 0 amide bonds. The first kappa shape index (κ1) is 15.2. The number of quaternary nitrogens is 1. The molecule has 3 N–H and O–H groups in total. The SMILES string of the molecule is COC(=O)C[C@@H](C[NH3+])CC(C)C.[Cl-]. The molecule has 0 rings (SSSR count). The normalized spacial score (nSPS) is 12.1. The molecule has 0 saturated heterocycles. The minimum Gasteiger partial charge on any atom is -1.00 e. The molecule has 0 aliphatic heterocycles. The van der Waals surface area contributed by atoms with E-state index in [-0.39, 0.29) is 18.4 Å². The van der Waals surface area contributed by atoms with Gasteiger partial charge in [0.05, 0.1) is 20.1 Å². The molecule has 3 nitrogen and oxygen atoms in total. The minimum absolute atomic E-state index is 0. The number of hydrogen-bond donors (Lipinski definition) is 1. The molecular weight excluding hydrogens is 190 g/mol. The average molecular weight is 210 g/mol. The van der Waals surface area contributed by atoms with E-state index in [9.17, 15) is 4.79 Å². The summed E-state index contributed by atoms with van der Waals surface area (Å²) in [5, 5.41) is 0. The van der Waals surface area contributed by atoms with E-state index in [1.165, 1.54) is 7.11 Å². The molecule has 4 heteroatoms. The fraction of sp³-hybridized carbons (Fsp3) is 0.889. The van der Waals surface area contributed by atoms with Gasteiger partial charge >= 0.3 is 5.97 Å². The van der Waals surface area contributed by atoms with Gasteiger partial charge < -0.3 is 22.9 Å². The number of esters is 1. The van der Waals surface area contributed by atoms with E-state index >= 15 is 0 Å². The minimum atomic E-state index is -0.121. The molecule has 0 unspecified atom stereocenters. The predicted octanol–water partition coefficient (Wildman–Crippen LogP) is -2.54. The van der Waals surface area contributed by atoms with Gasteiger partial charge in [0.15, 0.2) is 0 Å². The van der Waals surface area contributed by atoms with Crippen molar-refractivity contribution in [2.45, 2.75) is 26.7 Å². The van der Waals surface area contributed by atoms with Gasteiger partial charge in [-0.3, -0.25) is 4.79 Å². The summed E-state index contributed by atoms with van der Waals surface area (Å²) in [6.07, 6.45) is 1.57. The van der Waals surface area contributed by atoms with E-state index < -0.39 is 0 Å². The highest BCUT2D eigenvalue weighted by Crippen LogP contribution is 2.13. The first-order valence-electron chi connectivity index (χ1n) is 4.46. The quantitative estimate of drug-likeness (QED) is 0.508. The van der Waals surface area contributed by atoms with Crippen molar-refractivity contribution in [2.24, 2.45) is 11.8 Å². The molecule has 80 valence electrons. The van der Waals surface area contributed by atoms with E-state index in [0.29, 0.717) is 18.3 Å². The Hall–Kier alpha value is -0.280. The van der Waals surface area contributed by atoms with Crippen LogP contribution < -0.4 is 18.1 Å². The van der Waals surface area contributed by atoms with Crippen LogP contribution in [0.1, 0.15) is 26.7 Å². The average Bonchev–Trinajstić information content (AvgIpc) is 2.02.